The molecule has 0 aliphatic carbocycles. The van der Waals surface area contributed by atoms with Crippen LogP contribution >= 0.6 is 0 Å². The number of likely N-dealkylation sites (N-methyl/N-ethyl adjacent to an activating group) is 1. The van der Waals surface area contributed by atoms with Crippen LogP contribution in [0.3, 0.4) is 0 Å². The van der Waals surface area contributed by atoms with Crippen LogP contribution in [0, 0.1) is 0 Å². The zero-order valence-corrected chi connectivity index (χ0v) is 17.7. The third-order valence-corrected chi connectivity index (χ3v) is 6.90. The molecule has 0 spiro atoms. The van der Waals surface area contributed by atoms with Crippen molar-refractivity contribution < 1.29 is 4.79 Å². The molecule has 0 bridgehead atoms. The van der Waals surface area contributed by atoms with Gasteiger partial charge in [0.15, 0.2) is 0 Å². The molecule has 0 unspecified atom stereocenters. The summed E-state index contributed by atoms with van der Waals surface area (Å²) in [6.45, 7) is 15.8. The van der Waals surface area contributed by atoms with Crippen LogP contribution < -0.4 is 0 Å². The zero-order valence-electron chi connectivity index (χ0n) is 17.7. The molecule has 0 aromatic heterocycles. The van der Waals surface area contributed by atoms with Crippen LogP contribution in [0.2, 0.25) is 0 Å². The lowest BCUT2D eigenvalue weighted by atomic mass is 10.0. The van der Waals surface area contributed by atoms with Gasteiger partial charge in [-0.2, -0.15) is 0 Å². The maximum absolute atomic E-state index is 12.5. The van der Waals surface area contributed by atoms with Gasteiger partial charge in [0, 0.05) is 64.8 Å². The average molecular weight is 380 g/mol. The lowest BCUT2D eigenvalue weighted by Gasteiger charge is -2.42. The maximum Gasteiger partial charge on any atom is 0.222 e. The normalized spacial score (nSPS) is 25.2. The van der Waals surface area contributed by atoms with Crippen molar-refractivity contribution in [3.05, 3.63) is 0 Å². The van der Waals surface area contributed by atoms with Gasteiger partial charge in [-0.15, -0.1) is 0 Å². The van der Waals surface area contributed by atoms with Crippen molar-refractivity contribution in [1.82, 2.24) is 24.5 Å². The highest BCUT2D eigenvalue weighted by Gasteiger charge is 2.27. The quantitative estimate of drug-likeness (QED) is 0.617. The Bertz CT molecular complexity index is 436. The Morgan fingerprint density at radius 1 is 0.815 bits per heavy atom. The second-order valence-corrected chi connectivity index (χ2v) is 8.68. The highest BCUT2D eigenvalue weighted by molar-refractivity contribution is 5.76. The van der Waals surface area contributed by atoms with Crippen LogP contribution in [-0.2, 0) is 4.79 Å². The molecule has 0 aromatic rings. The Balaban J connectivity index is 1.25. The monoisotopic (exact) mass is 379 g/mol. The first kappa shape index (κ1) is 21.0. The van der Waals surface area contributed by atoms with Crippen molar-refractivity contribution in [3.63, 3.8) is 0 Å². The van der Waals surface area contributed by atoms with E-state index < -0.39 is 0 Å². The summed E-state index contributed by atoms with van der Waals surface area (Å²) in [6.07, 6.45) is 5.52. The molecule has 0 radical (unpaired) electrons. The predicted octanol–water partition coefficient (Wildman–Crippen LogP) is 1.03. The van der Waals surface area contributed by atoms with Crippen LogP contribution in [0.5, 0.6) is 0 Å². The summed E-state index contributed by atoms with van der Waals surface area (Å²) in [5.74, 6) is 0.383. The number of piperazine rings is 2. The Kier molecular flexibility index (Phi) is 8.37. The summed E-state index contributed by atoms with van der Waals surface area (Å²) in [7, 11) is 2.22. The highest BCUT2D eigenvalue weighted by atomic mass is 16.2. The first-order valence-electron chi connectivity index (χ1n) is 11.3. The van der Waals surface area contributed by atoms with Crippen LogP contribution in [-0.4, -0.2) is 122 Å². The summed E-state index contributed by atoms with van der Waals surface area (Å²) in [4.78, 5) is 24.8. The third kappa shape index (κ3) is 6.41. The number of hydrogen-bond acceptors (Lipinski definition) is 5. The van der Waals surface area contributed by atoms with Gasteiger partial charge in [-0.3, -0.25) is 9.69 Å². The molecule has 3 aliphatic heterocycles. The fourth-order valence-corrected chi connectivity index (χ4v) is 4.80. The third-order valence-electron chi connectivity index (χ3n) is 6.90. The minimum atomic E-state index is 0.383. The van der Waals surface area contributed by atoms with E-state index in [0.29, 0.717) is 5.91 Å². The SMILES string of the molecule is CCN1CCN(CCCCC(=O)N2CCN(C3CCN(C)CC3)CC2)CC1. The van der Waals surface area contributed by atoms with Gasteiger partial charge in [0.25, 0.3) is 0 Å². The van der Waals surface area contributed by atoms with E-state index >= 15 is 0 Å². The minimum Gasteiger partial charge on any atom is -0.340 e. The lowest BCUT2D eigenvalue weighted by Crippen LogP contribution is -2.54. The molecule has 0 atom stereocenters. The van der Waals surface area contributed by atoms with Gasteiger partial charge in [-0.25, -0.2) is 0 Å². The number of piperidine rings is 1. The van der Waals surface area contributed by atoms with Crippen molar-refractivity contribution >= 4 is 5.91 Å². The largest absolute Gasteiger partial charge is 0.340 e. The fourth-order valence-electron chi connectivity index (χ4n) is 4.80. The topological polar surface area (TPSA) is 33.3 Å². The van der Waals surface area contributed by atoms with Crippen molar-refractivity contribution in [1.29, 1.82) is 0 Å². The summed E-state index contributed by atoms with van der Waals surface area (Å²) in [5.41, 5.74) is 0. The number of likely N-dealkylation sites (tertiary alicyclic amines) is 1. The van der Waals surface area contributed by atoms with Crippen molar-refractivity contribution in [2.75, 3.05) is 85.6 Å². The second kappa shape index (κ2) is 10.7. The molecule has 1 amide bonds. The van der Waals surface area contributed by atoms with Gasteiger partial charge in [0.05, 0.1) is 0 Å². The summed E-state index contributed by atoms with van der Waals surface area (Å²) in [5, 5.41) is 0. The van der Waals surface area contributed by atoms with Crippen LogP contribution in [0.1, 0.15) is 39.0 Å². The van der Waals surface area contributed by atoms with E-state index in [-0.39, 0.29) is 0 Å². The Morgan fingerprint density at radius 3 is 2.07 bits per heavy atom. The van der Waals surface area contributed by atoms with Crippen molar-refractivity contribution in [3.8, 4) is 0 Å². The molecule has 6 heteroatoms. The average Bonchev–Trinajstić information content (AvgIpc) is 2.72. The van der Waals surface area contributed by atoms with E-state index in [0.717, 1.165) is 58.0 Å². The number of carbonyl (C=O) groups excluding carboxylic acids is 1. The number of unbranched alkanes of at least 4 members (excludes halogenated alkanes) is 1. The molecule has 27 heavy (non-hydrogen) atoms. The summed E-state index contributed by atoms with van der Waals surface area (Å²) >= 11 is 0. The molecule has 6 nitrogen and oxygen atoms in total. The summed E-state index contributed by atoms with van der Waals surface area (Å²) in [6, 6.07) is 0.742. The number of rotatable bonds is 7. The van der Waals surface area contributed by atoms with E-state index in [1.807, 2.05) is 0 Å². The molecular weight excluding hydrogens is 338 g/mol. The molecule has 0 N–H and O–H groups in total. The predicted molar refractivity (Wildman–Crippen MR) is 111 cm³/mol. The summed E-state index contributed by atoms with van der Waals surface area (Å²) < 4.78 is 0. The second-order valence-electron chi connectivity index (χ2n) is 8.68. The Hall–Kier alpha value is -0.690. The molecular formula is C21H41N5O. The van der Waals surface area contributed by atoms with Gasteiger partial charge in [-0.05, 0) is 58.9 Å². The van der Waals surface area contributed by atoms with Crippen LogP contribution in [0.4, 0.5) is 0 Å². The van der Waals surface area contributed by atoms with Crippen molar-refractivity contribution in [2.24, 2.45) is 0 Å². The molecule has 3 saturated heterocycles. The minimum absolute atomic E-state index is 0.383. The van der Waals surface area contributed by atoms with E-state index in [2.05, 4.69) is 38.5 Å². The lowest BCUT2D eigenvalue weighted by molar-refractivity contribution is -0.133. The molecule has 0 aromatic carbocycles. The smallest absolute Gasteiger partial charge is 0.222 e. The number of hydrogen-bond donors (Lipinski definition) is 0. The van der Waals surface area contributed by atoms with E-state index in [4.69, 9.17) is 0 Å². The molecule has 156 valence electrons. The van der Waals surface area contributed by atoms with Crippen LogP contribution in [0.25, 0.3) is 0 Å². The number of amides is 1. The first-order valence-corrected chi connectivity index (χ1v) is 11.3. The van der Waals surface area contributed by atoms with Crippen molar-refractivity contribution in [2.45, 2.75) is 45.1 Å². The van der Waals surface area contributed by atoms with E-state index in [1.165, 1.54) is 58.7 Å². The molecule has 0 saturated carbocycles. The van der Waals surface area contributed by atoms with E-state index in [9.17, 15) is 4.79 Å². The number of nitrogens with zero attached hydrogens (tertiary/aromatic N) is 5. The van der Waals surface area contributed by atoms with Gasteiger partial charge < -0.3 is 19.6 Å². The molecule has 3 rings (SSSR count). The fraction of sp³-hybridized carbons (Fsp3) is 0.952. The first-order chi connectivity index (χ1) is 13.2. The van der Waals surface area contributed by atoms with Gasteiger partial charge in [0.2, 0.25) is 5.91 Å². The Morgan fingerprint density at radius 2 is 1.44 bits per heavy atom. The Labute approximate surface area is 166 Å². The van der Waals surface area contributed by atoms with E-state index in [1.54, 1.807) is 0 Å². The molecule has 3 aliphatic rings. The maximum atomic E-state index is 12.5. The molecule has 3 fully saturated rings. The van der Waals surface area contributed by atoms with Crippen LogP contribution in [0.15, 0.2) is 0 Å². The zero-order chi connectivity index (χ0) is 19.1. The molecule has 3 heterocycles. The standard InChI is InChI=1S/C21H41N5O/c1-3-23-12-14-24(15-13-23)9-5-4-6-21(27)26-18-16-25(17-19-26)20-7-10-22(2)11-8-20/h20H,3-19H2,1-2H3. The van der Waals surface area contributed by atoms with Gasteiger partial charge in [0.1, 0.15) is 0 Å². The number of carbonyl (C=O) groups is 1. The highest BCUT2D eigenvalue weighted by Crippen LogP contribution is 2.18. The van der Waals surface area contributed by atoms with Gasteiger partial charge >= 0.3 is 0 Å². The van der Waals surface area contributed by atoms with Gasteiger partial charge in [-0.1, -0.05) is 6.92 Å².